The van der Waals surface area contributed by atoms with E-state index in [1.165, 1.54) is 0 Å². The minimum Gasteiger partial charge on any atom is -0.330 e. The van der Waals surface area contributed by atoms with E-state index in [1.54, 1.807) is 6.92 Å². The van der Waals surface area contributed by atoms with Gasteiger partial charge in [-0.25, -0.2) is 4.98 Å². The standard InChI is InChI=1S/C11H11BrN2O/c1-7(15)8-3-4-10-9(5-8)13-11(6-12)14(10)2/h3-5H,6H2,1-2H3. The number of carbonyl (C=O) groups excluding carboxylic acids is 1. The lowest BCUT2D eigenvalue weighted by Crippen LogP contribution is -1.94. The second-order valence-electron chi connectivity index (χ2n) is 3.48. The van der Waals surface area contributed by atoms with E-state index in [4.69, 9.17) is 0 Å². The Morgan fingerprint density at radius 2 is 2.27 bits per heavy atom. The van der Waals surface area contributed by atoms with E-state index >= 15 is 0 Å². The number of carbonyl (C=O) groups is 1. The number of aromatic nitrogens is 2. The van der Waals surface area contributed by atoms with E-state index in [0.29, 0.717) is 10.9 Å². The maximum atomic E-state index is 11.2. The first-order valence-electron chi connectivity index (χ1n) is 4.65. The van der Waals surface area contributed by atoms with Gasteiger partial charge in [-0.3, -0.25) is 4.79 Å². The number of Topliss-reactive ketones (excluding diaryl/α,β-unsaturated/α-hetero) is 1. The summed E-state index contributed by atoms with van der Waals surface area (Å²) in [7, 11) is 1.97. The number of halogens is 1. The number of nitrogens with zero attached hydrogens (tertiary/aromatic N) is 2. The van der Waals surface area contributed by atoms with E-state index in [0.717, 1.165) is 16.9 Å². The van der Waals surface area contributed by atoms with Crippen molar-refractivity contribution in [1.29, 1.82) is 0 Å². The fourth-order valence-electron chi connectivity index (χ4n) is 1.59. The highest BCUT2D eigenvalue weighted by Gasteiger charge is 2.08. The first kappa shape index (κ1) is 10.4. The zero-order valence-electron chi connectivity index (χ0n) is 8.62. The molecular formula is C11H11BrN2O. The minimum atomic E-state index is 0.0722. The van der Waals surface area contributed by atoms with Gasteiger partial charge in [0.05, 0.1) is 16.4 Å². The molecule has 78 valence electrons. The van der Waals surface area contributed by atoms with Gasteiger partial charge < -0.3 is 4.57 Å². The highest BCUT2D eigenvalue weighted by molar-refractivity contribution is 9.08. The largest absolute Gasteiger partial charge is 0.330 e. The number of fused-ring (bicyclic) bond motifs is 1. The molecule has 0 unspecified atom stereocenters. The van der Waals surface area contributed by atoms with Crippen LogP contribution in [0.3, 0.4) is 0 Å². The van der Waals surface area contributed by atoms with Crippen molar-refractivity contribution in [2.45, 2.75) is 12.3 Å². The van der Waals surface area contributed by atoms with Crippen LogP contribution in [-0.4, -0.2) is 15.3 Å². The lowest BCUT2D eigenvalue weighted by Gasteiger charge is -1.98. The van der Waals surface area contributed by atoms with E-state index in [9.17, 15) is 4.79 Å². The van der Waals surface area contributed by atoms with Gasteiger partial charge in [0.15, 0.2) is 5.78 Å². The number of benzene rings is 1. The smallest absolute Gasteiger partial charge is 0.159 e. The van der Waals surface area contributed by atoms with E-state index in [1.807, 2.05) is 29.8 Å². The van der Waals surface area contributed by atoms with Gasteiger partial charge in [0, 0.05) is 12.6 Å². The van der Waals surface area contributed by atoms with Crippen molar-refractivity contribution in [2.75, 3.05) is 0 Å². The van der Waals surface area contributed by atoms with Crippen molar-refractivity contribution in [3.63, 3.8) is 0 Å². The summed E-state index contributed by atoms with van der Waals surface area (Å²) >= 11 is 3.38. The van der Waals surface area contributed by atoms with Crippen LogP contribution in [0.5, 0.6) is 0 Å². The molecule has 0 aliphatic rings. The molecule has 0 fully saturated rings. The van der Waals surface area contributed by atoms with Gasteiger partial charge in [-0.2, -0.15) is 0 Å². The molecule has 0 atom stereocenters. The first-order chi connectivity index (χ1) is 7.13. The SMILES string of the molecule is CC(=O)c1ccc2c(c1)nc(CBr)n2C. The van der Waals surface area contributed by atoms with Crippen LogP contribution in [-0.2, 0) is 12.4 Å². The Kier molecular flexibility index (Phi) is 2.61. The van der Waals surface area contributed by atoms with Gasteiger partial charge >= 0.3 is 0 Å². The second-order valence-corrected chi connectivity index (χ2v) is 4.04. The summed E-state index contributed by atoms with van der Waals surface area (Å²) in [6, 6.07) is 5.61. The third kappa shape index (κ3) is 1.69. The van der Waals surface area contributed by atoms with Crippen LogP contribution in [0.25, 0.3) is 11.0 Å². The van der Waals surface area contributed by atoms with Crippen LogP contribution in [0.1, 0.15) is 23.1 Å². The summed E-state index contributed by atoms with van der Waals surface area (Å²) in [5.74, 6) is 1.04. The van der Waals surface area contributed by atoms with Crippen molar-refractivity contribution in [3.05, 3.63) is 29.6 Å². The van der Waals surface area contributed by atoms with Crippen molar-refractivity contribution in [3.8, 4) is 0 Å². The van der Waals surface area contributed by atoms with Crippen molar-refractivity contribution < 1.29 is 4.79 Å². The van der Waals surface area contributed by atoms with Gasteiger partial charge in [-0.05, 0) is 25.1 Å². The van der Waals surface area contributed by atoms with Crippen LogP contribution in [0.15, 0.2) is 18.2 Å². The molecule has 2 rings (SSSR count). The number of rotatable bonds is 2. The van der Waals surface area contributed by atoms with E-state index in [2.05, 4.69) is 20.9 Å². The molecular weight excluding hydrogens is 256 g/mol. The molecule has 2 aromatic rings. The molecule has 0 bridgehead atoms. The predicted molar refractivity (Wildman–Crippen MR) is 63.3 cm³/mol. The zero-order valence-corrected chi connectivity index (χ0v) is 10.2. The predicted octanol–water partition coefficient (Wildman–Crippen LogP) is 2.67. The molecule has 4 heteroatoms. The molecule has 0 radical (unpaired) electrons. The van der Waals surface area contributed by atoms with E-state index < -0.39 is 0 Å². The maximum Gasteiger partial charge on any atom is 0.159 e. The quantitative estimate of drug-likeness (QED) is 0.619. The van der Waals surface area contributed by atoms with Gasteiger partial charge in [0.2, 0.25) is 0 Å². The van der Waals surface area contributed by atoms with Crippen molar-refractivity contribution >= 4 is 32.7 Å². The van der Waals surface area contributed by atoms with Crippen molar-refractivity contribution in [2.24, 2.45) is 7.05 Å². The fourth-order valence-corrected chi connectivity index (χ4v) is 2.09. The van der Waals surface area contributed by atoms with Gasteiger partial charge in [0.1, 0.15) is 5.82 Å². The molecule has 0 spiro atoms. The Bertz CT molecular complexity index is 531. The average molecular weight is 267 g/mol. The third-order valence-electron chi connectivity index (χ3n) is 2.50. The number of ketones is 1. The molecule has 0 saturated heterocycles. The monoisotopic (exact) mass is 266 g/mol. The molecule has 1 aromatic heterocycles. The Balaban J connectivity index is 2.68. The summed E-state index contributed by atoms with van der Waals surface area (Å²) in [6.07, 6.45) is 0. The molecule has 0 aliphatic heterocycles. The van der Waals surface area contributed by atoms with Gasteiger partial charge in [0.25, 0.3) is 0 Å². The highest BCUT2D eigenvalue weighted by atomic mass is 79.9. The maximum absolute atomic E-state index is 11.2. The number of imidazole rings is 1. The Morgan fingerprint density at radius 1 is 1.53 bits per heavy atom. The molecule has 0 N–H and O–H groups in total. The summed E-state index contributed by atoms with van der Waals surface area (Å²) in [5, 5.41) is 0.716. The lowest BCUT2D eigenvalue weighted by atomic mass is 10.1. The number of hydrogen-bond acceptors (Lipinski definition) is 2. The normalized spacial score (nSPS) is 10.9. The topological polar surface area (TPSA) is 34.9 Å². The molecule has 0 amide bonds. The van der Waals surface area contributed by atoms with Gasteiger partial charge in [-0.1, -0.05) is 15.9 Å². The Hall–Kier alpha value is -1.16. The number of alkyl halides is 1. The fraction of sp³-hybridized carbons (Fsp3) is 0.273. The van der Waals surface area contributed by atoms with Crippen LogP contribution in [0, 0.1) is 0 Å². The molecule has 0 aliphatic carbocycles. The molecule has 15 heavy (non-hydrogen) atoms. The molecule has 1 aromatic carbocycles. The summed E-state index contributed by atoms with van der Waals surface area (Å²) in [5.41, 5.74) is 2.64. The molecule has 1 heterocycles. The molecule has 0 saturated carbocycles. The minimum absolute atomic E-state index is 0.0722. The van der Waals surface area contributed by atoms with Crippen LogP contribution in [0.4, 0.5) is 0 Å². The van der Waals surface area contributed by atoms with Crippen LogP contribution < -0.4 is 0 Å². The lowest BCUT2D eigenvalue weighted by molar-refractivity contribution is 0.101. The number of aryl methyl sites for hydroxylation is 1. The average Bonchev–Trinajstić information content (AvgIpc) is 2.55. The Morgan fingerprint density at radius 3 is 2.87 bits per heavy atom. The Labute approximate surface area is 96.2 Å². The molecule has 3 nitrogen and oxygen atoms in total. The van der Waals surface area contributed by atoms with E-state index in [-0.39, 0.29) is 5.78 Å². The third-order valence-corrected chi connectivity index (χ3v) is 3.00. The highest BCUT2D eigenvalue weighted by Crippen LogP contribution is 2.18. The summed E-state index contributed by atoms with van der Waals surface area (Å²) < 4.78 is 2.02. The summed E-state index contributed by atoms with van der Waals surface area (Å²) in [4.78, 5) is 15.6. The number of hydrogen-bond donors (Lipinski definition) is 0. The van der Waals surface area contributed by atoms with Crippen LogP contribution >= 0.6 is 15.9 Å². The van der Waals surface area contributed by atoms with Crippen LogP contribution in [0.2, 0.25) is 0 Å². The zero-order chi connectivity index (χ0) is 11.0. The second kappa shape index (κ2) is 3.77. The van der Waals surface area contributed by atoms with Crippen molar-refractivity contribution in [1.82, 2.24) is 9.55 Å². The first-order valence-corrected chi connectivity index (χ1v) is 5.78. The summed E-state index contributed by atoms with van der Waals surface area (Å²) in [6.45, 7) is 1.56. The van der Waals surface area contributed by atoms with Gasteiger partial charge in [-0.15, -0.1) is 0 Å².